The summed E-state index contributed by atoms with van der Waals surface area (Å²) in [6.07, 6.45) is 8.95. The smallest absolute Gasteiger partial charge is 0.434 e. The fraction of sp³-hybridized carbons (Fsp3) is 0.733. The van der Waals surface area contributed by atoms with Crippen LogP contribution in [-0.2, 0) is 39.2 Å². The van der Waals surface area contributed by atoms with Crippen molar-refractivity contribution in [3.63, 3.8) is 0 Å². The van der Waals surface area contributed by atoms with E-state index < -0.39 is 43.8 Å². The van der Waals surface area contributed by atoms with Crippen LogP contribution in [0.3, 0.4) is 0 Å². The average molecular weight is 858 g/mol. The highest BCUT2D eigenvalue weighted by molar-refractivity contribution is 6.89. The molecule has 9 nitrogen and oxygen atoms in total. The molecule has 49 heavy (non-hydrogen) atoms. The van der Waals surface area contributed by atoms with E-state index in [4.69, 9.17) is 39.2 Å². The zero-order chi connectivity index (χ0) is 37.8. The third-order valence-corrected chi connectivity index (χ3v) is 24.6. The first-order valence-corrected chi connectivity index (χ1v) is 30.9. The molecule has 0 aromatic heterocycles. The van der Waals surface area contributed by atoms with E-state index in [-0.39, 0.29) is 0 Å². The Morgan fingerprint density at radius 3 is 1.43 bits per heavy atom. The number of allylic oxidation sites excluding steroid dienone is 1. The Morgan fingerprint density at radius 1 is 0.633 bits per heavy atom. The molecule has 1 aromatic carbocycles. The van der Waals surface area contributed by atoms with E-state index in [0.717, 1.165) is 29.2 Å². The Balaban J connectivity index is 4.65. The molecule has 1 aromatic rings. The van der Waals surface area contributed by atoms with Crippen LogP contribution in [-0.4, -0.2) is 117 Å². The van der Waals surface area contributed by atoms with Crippen LogP contribution >= 0.6 is 0 Å². The molecule has 1 atom stereocenters. The van der Waals surface area contributed by atoms with Gasteiger partial charge in [-0.3, -0.25) is 0 Å². The molecule has 0 radical (unpaired) electrons. The van der Waals surface area contributed by atoms with Gasteiger partial charge in [-0.15, -0.1) is 0 Å². The minimum atomic E-state index is -3.73. The lowest BCUT2D eigenvalue weighted by Crippen LogP contribution is -2.71. The van der Waals surface area contributed by atoms with Crippen molar-refractivity contribution >= 4 is 106 Å². The molecule has 0 N–H and O–H groups in total. The van der Waals surface area contributed by atoms with Crippen molar-refractivity contribution in [1.82, 2.24) is 0 Å². The van der Waals surface area contributed by atoms with Crippen molar-refractivity contribution in [2.24, 2.45) is 0 Å². The number of rotatable bonds is 24. The van der Waals surface area contributed by atoms with Crippen LogP contribution in [0.1, 0.15) is 98.6 Å². The fourth-order valence-electron chi connectivity index (χ4n) is 7.35. The number of benzene rings is 1. The summed E-state index contributed by atoms with van der Waals surface area (Å²) >= 11 is 0. The van der Waals surface area contributed by atoms with Crippen molar-refractivity contribution in [2.45, 2.75) is 143 Å². The maximum absolute atomic E-state index is 7.41. The van der Waals surface area contributed by atoms with Crippen molar-refractivity contribution in [1.29, 1.82) is 0 Å². The monoisotopic (exact) mass is 856 g/mol. The molecule has 19 heteroatoms. The molecule has 286 valence electrons. The Kier molecular flexibility index (Phi) is 20.5. The van der Waals surface area contributed by atoms with Crippen LogP contribution < -0.4 is 0 Å². The molecule has 1 unspecified atom stereocenters. The van der Waals surface area contributed by atoms with E-state index in [1.807, 2.05) is 0 Å². The van der Waals surface area contributed by atoms with Crippen molar-refractivity contribution in [3.05, 3.63) is 38.6 Å². The predicted molar refractivity (Wildman–Crippen MR) is 236 cm³/mol. The molecule has 0 aliphatic heterocycles. The van der Waals surface area contributed by atoms with E-state index in [9.17, 15) is 0 Å². The van der Waals surface area contributed by atoms with Gasteiger partial charge in [0, 0.05) is 12.0 Å². The molecule has 0 bridgehead atoms. The fourth-order valence-corrected chi connectivity index (χ4v) is 25.5. The van der Waals surface area contributed by atoms with Gasteiger partial charge in [0.1, 0.15) is 51.7 Å². The lowest BCUT2D eigenvalue weighted by atomic mass is 9.80. The first-order valence-electron chi connectivity index (χ1n) is 18.0. The topological polar surface area (TPSA) is 83.1 Å². The molecule has 1 rings (SSSR count). The van der Waals surface area contributed by atoms with E-state index in [1.54, 1.807) is 0 Å². The van der Waals surface area contributed by atoms with Gasteiger partial charge in [0.25, 0.3) is 5.60 Å². The summed E-state index contributed by atoms with van der Waals surface area (Å²) in [5.74, 6) is -2.50. The largest absolute Gasteiger partial charge is 0.444 e. The first-order chi connectivity index (χ1) is 23.0. The van der Waals surface area contributed by atoms with Gasteiger partial charge in [0.2, 0.25) is 11.6 Å². The van der Waals surface area contributed by atoms with Gasteiger partial charge in [0.05, 0.1) is 0 Å². The molecule has 0 aliphatic rings. The van der Waals surface area contributed by atoms with Crippen LogP contribution in [0.25, 0.3) is 5.57 Å². The molecule has 0 heterocycles. The van der Waals surface area contributed by atoms with Crippen molar-refractivity contribution in [2.75, 3.05) is 0 Å². The summed E-state index contributed by atoms with van der Waals surface area (Å²) in [6, 6.07) is 0. The van der Waals surface area contributed by atoms with Crippen LogP contribution in [0.15, 0.2) is 5.20 Å². The van der Waals surface area contributed by atoms with Crippen LogP contribution in [0.5, 0.6) is 0 Å². The maximum atomic E-state index is 7.41. The van der Waals surface area contributed by atoms with E-state index >= 15 is 0 Å². The second kappa shape index (κ2) is 21.0. The highest BCUT2D eigenvalue weighted by atomic mass is 28.5. The van der Waals surface area contributed by atoms with Gasteiger partial charge in [-0.05, 0) is 106 Å². The van der Waals surface area contributed by atoms with Gasteiger partial charge >= 0.3 is 8.56 Å². The van der Waals surface area contributed by atoms with E-state index in [1.165, 1.54) is 59.9 Å². The Morgan fingerprint density at radius 2 is 1.06 bits per heavy atom. The second-order valence-corrected chi connectivity index (χ2v) is 26.2. The summed E-state index contributed by atoms with van der Waals surface area (Å²) in [6.45, 7) is 24.2. The van der Waals surface area contributed by atoms with Crippen LogP contribution in [0.2, 0.25) is 26.2 Å². The molecule has 0 aliphatic carbocycles. The Hall–Kier alpha value is 0.769. The highest BCUT2D eigenvalue weighted by Gasteiger charge is 2.67. The molecular weight excluding hydrogens is 785 g/mol. The summed E-state index contributed by atoms with van der Waals surface area (Å²) < 4.78 is 61.2. The summed E-state index contributed by atoms with van der Waals surface area (Å²) in [5, 5.41) is 0.897. The highest BCUT2D eigenvalue weighted by Crippen LogP contribution is 2.51. The van der Waals surface area contributed by atoms with Gasteiger partial charge in [-0.25, -0.2) is 0 Å². The lowest BCUT2D eigenvalue weighted by molar-refractivity contribution is -0.277. The normalized spacial score (nSPS) is 18.7. The van der Waals surface area contributed by atoms with Gasteiger partial charge in [0.15, 0.2) is 39.8 Å². The second-order valence-electron chi connectivity index (χ2n) is 14.0. The Bertz CT molecular complexity index is 1180. The average Bonchev–Trinajstić information content (AvgIpc) is 3.08. The minimum Gasteiger partial charge on any atom is -0.434 e. The number of unbranched alkanes of at least 4 members (excludes halogenated alkanes) is 6. The molecule has 0 spiro atoms. The molecule has 0 fully saturated rings. The number of hydrogen-bond acceptors (Lipinski definition) is 9. The predicted octanol–water partition coefficient (Wildman–Crippen LogP) is -1.21. The van der Waals surface area contributed by atoms with Gasteiger partial charge < -0.3 is 39.2 Å². The maximum Gasteiger partial charge on any atom is 0.444 e. The van der Waals surface area contributed by atoms with Gasteiger partial charge in [-0.2, -0.15) is 0 Å². The van der Waals surface area contributed by atoms with Crippen LogP contribution in [0, 0.1) is 34.6 Å². The third kappa shape index (κ3) is 9.91. The minimum absolute atomic E-state index is 0.375. The standard InChI is InChI=1S/C30H72O9Si10/c1-12-13-14-15-16-17-18-19-28(31-40,32-41)29(33-42,34-43)27(26-23(5)21(3)20(2)22(4)24(26)6)25(7)49(38-47-8,39-48(9,10)11)30(35-44,36-45)37-46/h12-19,47H2,1-11,40-46H3. The molecule has 0 saturated heterocycles. The lowest BCUT2D eigenvalue weighted by Gasteiger charge is -2.53. The van der Waals surface area contributed by atoms with Gasteiger partial charge in [-0.1, -0.05) is 52.0 Å². The van der Waals surface area contributed by atoms with Crippen molar-refractivity contribution < 1.29 is 39.2 Å². The zero-order valence-electron chi connectivity index (χ0n) is 34.5. The van der Waals surface area contributed by atoms with Crippen LogP contribution in [0.4, 0.5) is 0 Å². The molecule has 0 saturated carbocycles. The molecular formula is C30H72O9Si10. The van der Waals surface area contributed by atoms with E-state index in [0.29, 0.717) is 79.8 Å². The zero-order valence-corrected chi connectivity index (χ0v) is 52.0. The summed E-state index contributed by atoms with van der Waals surface area (Å²) in [7, 11) is -4.37. The SMILES string of the molecule is CCCCCCCCCC(O[SiH3])(O[SiH3])C(O[SiH3])(O[SiH3])C(=C(C)[Si](O[SiH2]C)(O[Si](C)(C)C)C(O[SiH3])(O[SiH3])O[SiH3])c1c(C)c(C)c(C)c(C)c1C. The number of hydrogen-bond donors (Lipinski definition) is 0. The first kappa shape index (κ1) is 47.8. The quantitative estimate of drug-likeness (QED) is 0.0724. The Labute approximate surface area is 324 Å². The third-order valence-electron chi connectivity index (χ3n) is 10.3. The van der Waals surface area contributed by atoms with E-state index in [2.05, 4.69) is 74.7 Å². The summed E-state index contributed by atoms with van der Waals surface area (Å²) in [5.41, 5.74) is 6.63. The molecule has 0 amide bonds. The summed E-state index contributed by atoms with van der Waals surface area (Å²) in [4.78, 5) is 0. The van der Waals surface area contributed by atoms with Crippen molar-refractivity contribution in [3.8, 4) is 0 Å².